The first-order valence-corrected chi connectivity index (χ1v) is 6.08. The monoisotopic (exact) mass is 237 g/mol. The lowest BCUT2D eigenvalue weighted by Gasteiger charge is -2.22. The fourth-order valence-corrected chi connectivity index (χ4v) is 2.41. The van der Waals surface area contributed by atoms with Gasteiger partial charge in [0.2, 0.25) is 0 Å². The molecular formula is C13H19NO3. The topological polar surface area (TPSA) is 62.5 Å². The Balaban J connectivity index is 1.95. The van der Waals surface area contributed by atoms with Crippen molar-refractivity contribution in [1.29, 1.82) is 0 Å². The van der Waals surface area contributed by atoms with Crippen molar-refractivity contribution >= 4 is 5.91 Å². The molecule has 0 spiro atoms. The third-order valence-corrected chi connectivity index (χ3v) is 3.40. The molecule has 1 heterocycles. The van der Waals surface area contributed by atoms with E-state index in [9.17, 15) is 9.90 Å². The third kappa shape index (κ3) is 2.69. The number of hydrogen-bond acceptors (Lipinski definition) is 3. The van der Waals surface area contributed by atoms with Gasteiger partial charge in [-0.25, -0.2) is 0 Å². The maximum absolute atomic E-state index is 11.9. The van der Waals surface area contributed by atoms with Crippen LogP contribution in [0, 0.1) is 13.8 Å². The van der Waals surface area contributed by atoms with Gasteiger partial charge in [-0.15, -0.1) is 0 Å². The molecule has 0 atom stereocenters. The van der Waals surface area contributed by atoms with Gasteiger partial charge in [0.1, 0.15) is 11.5 Å². The minimum absolute atomic E-state index is 0.167. The van der Waals surface area contributed by atoms with Crippen molar-refractivity contribution in [3.8, 4) is 0 Å². The van der Waals surface area contributed by atoms with Gasteiger partial charge < -0.3 is 14.8 Å². The number of nitrogens with one attached hydrogen (secondary N) is 1. The van der Waals surface area contributed by atoms with Gasteiger partial charge in [-0.05, 0) is 32.8 Å². The van der Waals surface area contributed by atoms with Gasteiger partial charge in [0.05, 0.1) is 11.2 Å². The molecular weight excluding hydrogens is 218 g/mol. The average molecular weight is 237 g/mol. The number of aliphatic hydroxyl groups is 1. The summed E-state index contributed by atoms with van der Waals surface area (Å²) in [6.45, 7) is 3.91. The smallest absolute Gasteiger partial charge is 0.254 e. The molecule has 0 radical (unpaired) electrons. The first-order valence-electron chi connectivity index (χ1n) is 6.08. The molecule has 4 nitrogen and oxygen atoms in total. The molecule has 17 heavy (non-hydrogen) atoms. The van der Waals surface area contributed by atoms with Crippen LogP contribution in [0.3, 0.4) is 0 Å². The predicted octanol–water partition coefficient (Wildman–Crippen LogP) is 1.93. The van der Waals surface area contributed by atoms with E-state index in [1.54, 1.807) is 13.0 Å². The zero-order chi connectivity index (χ0) is 12.5. The molecule has 0 unspecified atom stereocenters. The molecule has 0 saturated heterocycles. The van der Waals surface area contributed by atoms with E-state index in [1.165, 1.54) is 0 Å². The lowest BCUT2D eigenvalue weighted by molar-refractivity contribution is 0.0449. The highest BCUT2D eigenvalue weighted by Crippen LogP contribution is 2.28. The molecule has 94 valence electrons. The van der Waals surface area contributed by atoms with Crippen LogP contribution in [-0.2, 0) is 0 Å². The maximum Gasteiger partial charge on any atom is 0.254 e. The number of aryl methyl sites for hydroxylation is 2. The third-order valence-electron chi connectivity index (χ3n) is 3.40. The number of carbonyl (C=O) groups excluding carboxylic acids is 1. The van der Waals surface area contributed by atoms with Crippen LogP contribution in [0.4, 0.5) is 0 Å². The van der Waals surface area contributed by atoms with Crippen molar-refractivity contribution in [1.82, 2.24) is 5.32 Å². The molecule has 4 heteroatoms. The fourth-order valence-electron chi connectivity index (χ4n) is 2.41. The van der Waals surface area contributed by atoms with Crippen LogP contribution in [-0.4, -0.2) is 23.2 Å². The standard InChI is InChI=1S/C13H19NO3/c1-9-7-11(10(2)17-9)12(15)14-8-13(16)5-3-4-6-13/h7,16H,3-6,8H2,1-2H3,(H,14,15). The van der Waals surface area contributed by atoms with Gasteiger partial charge in [0.25, 0.3) is 5.91 Å². The summed E-state index contributed by atoms with van der Waals surface area (Å²) in [5.41, 5.74) is -0.147. The molecule has 1 aliphatic carbocycles. The summed E-state index contributed by atoms with van der Waals surface area (Å²) in [5, 5.41) is 12.9. The Bertz CT molecular complexity index is 416. The van der Waals surface area contributed by atoms with Crippen molar-refractivity contribution in [3.05, 3.63) is 23.2 Å². The van der Waals surface area contributed by atoms with Crippen molar-refractivity contribution in [3.63, 3.8) is 0 Å². The summed E-state index contributed by atoms with van der Waals surface area (Å²) in [4.78, 5) is 11.9. The van der Waals surface area contributed by atoms with Gasteiger partial charge in [-0.2, -0.15) is 0 Å². The molecule has 1 aliphatic rings. The fraction of sp³-hybridized carbons (Fsp3) is 0.615. The van der Waals surface area contributed by atoms with Crippen LogP contribution < -0.4 is 5.32 Å². The quantitative estimate of drug-likeness (QED) is 0.844. The van der Waals surface area contributed by atoms with E-state index < -0.39 is 5.60 Å². The van der Waals surface area contributed by atoms with Gasteiger partial charge in [0.15, 0.2) is 0 Å². The predicted molar refractivity (Wildman–Crippen MR) is 63.9 cm³/mol. The van der Waals surface area contributed by atoms with Crippen molar-refractivity contribution in [2.24, 2.45) is 0 Å². The summed E-state index contributed by atoms with van der Waals surface area (Å²) >= 11 is 0. The largest absolute Gasteiger partial charge is 0.466 e. The summed E-state index contributed by atoms with van der Waals surface area (Å²) in [6, 6.07) is 1.73. The Morgan fingerprint density at radius 2 is 2.12 bits per heavy atom. The SMILES string of the molecule is Cc1cc(C(=O)NCC2(O)CCCC2)c(C)o1. The van der Waals surface area contributed by atoms with Crippen LogP contribution in [0.2, 0.25) is 0 Å². The first kappa shape index (κ1) is 12.2. The molecule has 1 saturated carbocycles. The normalized spacial score (nSPS) is 18.3. The Morgan fingerprint density at radius 3 is 2.65 bits per heavy atom. The molecule has 0 bridgehead atoms. The van der Waals surface area contributed by atoms with Crippen LogP contribution in [0.5, 0.6) is 0 Å². The zero-order valence-electron chi connectivity index (χ0n) is 10.4. The minimum Gasteiger partial charge on any atom is -0.466 e. The van der Waals surface area contributed by atoms with Crippen LogP contribution in [0.15, 0.2) is 10.5 Å². The van der Waals surface area contributed by atoms with E-state index >= 15 is 0 Å². The summed E-state index contributed by atoms with van der Waals surface area (Å²) in [7, 11) is 0. The second-order valence-corrected chi connectivity index (χ2v) is 4.94. The molecule has 2 N–H and O–H groups in total. The van der Waals surface area contributed by atoms with E-state index in [0.29, 0.717) is 17.9 Å². The Hall–Kier alpha value is -1.29. The molecule has 1 aromatic heterocycles. The van der Waals surface area contributed by atoms with Crippen molar-refractivity contribution < 1.29 is 14.3 Å². The second-order valence-electron chi connectivity index (χ2n) is 4.94. The van der Waals surface area contributed by atoms with E-state index in [4.69, 9.17) is 4.42 Å². The molecule has 1 amide bonds. The lowest BCUT2D eigenvalue weighted by Crippen LogP contribution is -2.40. The lowest BCUT2D eigenvalue weighted by atomic mass is 10.0. The Kier molecular flexibility index (Phi) is 3.24. The highest BCUT2D eigenvalue weighted by atomic mass is 16.3. The highest BCUT2D eigenvalue weighted by molar-refractivity contribution is 5.95. The summed E-state index contributed by atoms with van der Waals surface area (Å²) < 4.78 is 5.31. The maximum atomic E-state index is 11.9. The molecule has 2 rings (SSSR count). The van der Waals surface area contributed by atoms with Crippen LogP contribution in [0.25, 0.3) is 0 Å². The number of carbonyl (C=O) groups is 1. The first-order chi connectivity index (χ1) is 8.00. The van der Waals surface area contributed by atoms with Crippen molar-refractivity contribution in [2.75, 3.05) is 6.54 Å². The van der Waals surface area contributed by atoms with Gasteiger partial charge >= 0.3 is 0 Å². The Morgan fingerprint density at radius 1 is 1.47 bits per heavy atom. The van der Waals surface area contributed by atoms with E-state index in [2.05, 4.69) is 5.32 Å². The van der Waals surface area contributed by atoms with Gasteiger partial charge in [0, 0.05) is 6.54 Å². The van der Waals surface area contributed by atoms with Gasteiger partial charge in [-0.3, -0.25) is 4.79 Å². The summed E-state index contributed by atoms with van der Waals surface area (Å²) in [6.07, 6.45) is 3.62. The van der Waals surface area contributed by atoms with Crippen LogP contribution in [0.1, 0.15) is 47.6 Å². The average Bonchev–Trinajstić information content (AvgIpc) is 2.83. The Labute approximate surface area is 101 Å². The van der Waals surface area contributed by atoms with E-state index in [-0.39, 0.29) is 5.91 Å². The highest BCUT2D eigenvalue weighted by Gasteiger charge is 2.31. The van der Waals surface area contributed by atoms with E-state index in [1.807, 2.05) is 6.92 Å². The van der Waals surface area contributed by atoms with Gasteiger partial charge in [-0.1, -0.05) is 12.8 Å². The van der Waals surface area contributed by atoms with Crippen molar-refractivity contribution in [2.45, 2.75) is 45.1 Å². The number of rotatable bonds is 3. The summed E-state index contributed by atoms with van der Waals surface area (Å²) in [5.74, 6) is 1.19. The van der Waals surface area contributed by atoms with Crippen LogP contribution >= 0.6 is 0 Å². The number of amides is 1. The zero-order valence-corrected chi connectivity index (χ0v) is 10.4. The number of hydrogen-bond donors (Lipinski definition) is 2. The molecule has 1 aromatic rings. The molecule has 0 aliphatic heterocycles. The molecule has 0 aromatic carbocycles. The second kappa shape index (κ2) is 4.53. The number of furan rings is 1. The molecule has 1 fully saturated rings. The van der Waals surface area contributed by atoms with E-state index in [0.717, 1.165) is 31.4 Å². The minimum atomic E-state index is -0.706.